The minimum absolute atomic E-state index is 0.149. The number of halogens is 1. The van der Waals surface area contributed by atoms with Crippen LogP contribution >= 0.6 is 15.9 Å². The van der Waals surface area contributed by atoms with Crippen LogP contribution < -0.4 is 4.90 Å². The maximum absolute atomic E-state index is 12.4. The van der Waals surface area contributed by atoms with Crippen LogP contribution in [0.25, 0.3) is 0 Å². The average Bonchev–Trinajstić information content (AvgIpc) is 2.45. The third-order valence-corrected chi connectivity index (χ3v) is 3.26. The first-order valence-electron chi connectivity index (χ1n) is 5.66. The summed E-state index contributed by atoms with van der Waals surface area (Å²) in [5, 5.41) is 9.07. The Bertz CT molecular complexity index is 661. The van der Waals surface area contributed by atoms with E-state index in [0.717, 1.165) is 4.47 Å². The van der Waals surface area contributed by atoms with E-state index in [0.29, 0.717) is 16.8 Å². The second-order valence-corrected chi connectivity index (χ2v) is 4.92. The molecule has 0 aromatic heterocycles. The van der Waals surface area contributed by atoms with Gasteiger partial charge in [-0.25, -0.2) is 0 Å². The van der Waals surface area contributed by atoms with Gasteiger partial charge in [0.2, 0.25) is 0 Å². The molecule has 0 saturated heterocycles. The van der Waals surface area contributed by atoms with Crippen molar-refractivity contribution in [2.75, 3.05) is 11.9 Å². The highest BCUT2D eigenvalue weighted by Gasteiger charge is 2.16. The van der Waals surface area contributed by atoms with Crippen LogP contribution in [0.4, 0.5) is 5.69 Å². The number of carbonyl (C=O) groups excluding carboxylic acids is 1. The number of benzene rings is 2. The SMILES string of the molecule is CN(C(=O)c1cccc(Br)c1)c1ccccc1C#N. The van der Waals surface area contributed by atoms with Crippen LogP contribution in [0.5, 0.6) is 0 Å². The van der Waals surface area contributed by atoms with Gasteiger partial charge in [0.1, 0.15) is 6.07 Å². The first kappa shape index (κ1) is 13.3. The minimum atomic E-state index is -0.149. The van der Waals surface area contributed by atoms with Gasteiger partial charge in [-0.15, -0.1) is 0 Å². The lowest BCUT2D eigenvalue weighted by atomic mass is 10.1. The quantitative estimate of drug-likeness (QED) is 0.850. The number of nitrogens with zero attached hydrogens (tertiary/aromatic N) is 2. The number of amides is 1. The van der Waals surface area contributed by atoms with Gasteiger partial charge in [0.05, 0.1) is 11.3 Å². The number of para-hydroxylation sites is 1. The molecule has 0 heterocycles. The van der Waals surface area contributed by atoms with E-state index < -0.39 is 0 Å². The molecule has 0 aliphatic carbocycles. The summed E-state index contributed by atoms with van der Waals surface area (Å²) in [6.45, 7) is 0. The number of carbonyl (C=O) groups is 1. The van der Waals surface area contributed by atoms with Crippen LogP contribution in [0, 0.1) is 11.3 Å². The summed E-state index contributed by atoms with van der Waals surface area (Å²) < 4.78 is 0.848. The van der Waals surface area contributed by atoms with E-state index in [4.69, 9.17) is 5.26 Å². The second kappa shape index (κ2) is 5.68. The Balaban J connectivity index is 2.37. The average molecular weight is 315 g/mol. The molecule has 0 N–H and O–H groups in total. The van der Waals surface area contributed by atoms with Gasteiger partial charge in [-0.1, -0.05) is 34.1 Å². The van der Waals surface area contributed by atoms with Crippen molar-refractivity contribution in [1.29, 1.82) is 5.26 Å². The Kier molecular flexibility index (Phi) is 3.98. The fourth-order valence-corrected chi connectivity index (χ4v) is 2.18. The van der Waals surface area contributed by atoms with Crippen LogP contribution in [0.1, 0.15) is 15.9 Å². The van der Waals surface area contributed by atoms with Crippen molar-refractivity contribution in [3.8, 4) is 6.07 Å². The fraction of sp³-hybridized carbons (Fsp3) is 0.0667. The van der Waals surface area contributed by atoms with E-state index in [2.05, 4.69) is 22.0 Å². The van der Waals surface area contributed by atoms with Gasteiger partial charge in [0, 0.05) is 17.1 Å². The van der Waals surface area contributed by atoms with E-state index in [1.165, 1.54) is 4.90 Å². The molecule has 4 heteroatoms. The summed E-state index contributed by atoms with van der Waals surface area (Å²) >= 11 is 3.34. The molecule has 0 spiro atoms. The standard InChI is InChI=1S/C15H11BrN2O/c1-18(14-8-3-2-5-12(14)10-17)15(19)11-6-4-7-13(16)9-11/h2-9H,1H3. The Morgan fingerprint density at radius 1 is 1.21 bits per heavy atom. The summed E-state index contributed by atoms with van der Waals surface area (Å²) in [5.74, 6) is -0.149. The first-order chi connectivity index (χ1) is 9.13. The van der Waals surface area contributed by atoms with Gasteiger partial charge in [0.25, 0.3) is 5.91 Å². The van der Waals surface area contributed by atoms with E-state index in [-0.39, 0.29) is 5.91 Å². The highest BCUT2D eigenvalue weighted by atomic mass is 79.9. The molecule has 94 valence electrons. The van der Waals surface area contributed by atoms with E-state index in [9.17, 15) is 4.79 Å². The fourth-order valence-electron chi connectivity index (χ4n) is 1.79. The van der Waals surface area contributed by atoms with Crippen molar-refractivity contribution in [2.45, 2.75) is 0 Å². The van der Waals surface area contributed by atoms with Crippen LogP contribution in [0.15, 0.2) is 53.0 Å². The van der Waals surface area contributed by atoms with Crippen molar-refractivity contribution < 1.29 is 4.79 Å². The maximum atomic E-state index is 12.4. The van der Waals surface area contributed by atoms with Crippen LogP contribution in [-0.2, 0) is 0 Å². The Morgan fingerprint density at radius 2 is 1.95 bits per heavy atom. The largest absolute Gasteiger partial charge is 0.310 e. The Morgan fingerprint density at radius 3 is 2.63 bits per heavy atom. The minimum Gasteiger partial charge on any atom is -0.310 e. The molecular weight excluding hydrogens is 304 g/mol. The topological polar surface area (TPSA) is 44.1 Å². The zero-order valence-electron chi connectivity index (χ0n) is 10.3. The number of hydrogen-bond acceptors (Lipinski definition) is 2. The third-order valence-electron chi connectivity index (χ3n) is 2.76. The predicted octanol–water partition coefficient (Wildman–Crippen LogP) is 3.60. The Hall–Kier alpha value is -2.12. The Labute approximate surface area is 120 Å². The summed E-state index contributed by atoms with van der Waals surface area (Å²) in [6.07, 6.45) is 0. The van der Waals surface area contributed by atoms with Gasteiger partial charge in [-0.2, -0.15) is 5.26 Å². The molecule has 19 heavy (non-hydrogen) atoms. The molecule has 3 nitrogen and oxygen atoms in total. The molecule has 0 atom stereocenters. The number of hydrogen-bond donors (Lipinski definition) is 0. The van der Waals surface area contributed by atoms with Gasteiger partial charge in [-0.05, 0) is 30.3 Å². The van der Waals surface area contributed by atoms with E-state index in [1.54, 1.807) is 49.5 Å². The van der Waals surface area contributed by atoms with Crippen molar-refractivity contribution in [3.63, 3.8) is 0 Å². The smallest absolute Gasteiger partial charge is 0.258 e. The van der Waals surface area contributed by atoms with Crippen LogP contribution in [-0.4, -0.2) is 13.0 Å². The zero-order valence-corrected chi connectivity index (χ0v) is 11.9. The molecule has 1 amide bonds. The molecule has 2 aromatic rings. The molecular formula is C15H11BrN2O. The van der Waals surface area contributed by atoms with Gasteiger partial charge in [-0.3, -0.25) is 4.79 Å². The summed E-state index contributed by atoms with van der Waals surface area (Å²) in [6, 6.07) is 16.3. The first-order valence-corrected chi connectivity index (χ1v) is 6.45. The second-order valence-electron chi connectivity index (χ2n) is 4.00. The molecule has 0 aliphatic heterocycles. The van der Waals surface area contributed by atoms with E-state index >= 15 is 0 Å². The molecule has 0 unspecified atom stereocenters. The monoisotopic (exact) mass is 314 g/mol. The lowest BCUT2D eigenvalue weighted by molar-refractivity contribution is 0.0993. The lowest BCUT2D eigenvalue weighted by Crippen LogP contribution is -2.26. The van der Waals surface area contributed by atoms with Crippen LogP contribution in [0.2, 0.25) is 0 Å². The third kappa shape index (κ3) is 2.83. The lowest BCUT2D eigenvalue weighted by Gasteiger charge is -2.18. The number of nitriles is 1. The molecule has 0 saturated carbocycles. The zero-order chi connectivity index (χ0) is 13.8. The molecule has 2 rings (SSSR count). The molecule has 0 radical (unpaired) electrons. The molecule has 0 fully saturated rings. The predicted molar refractivity (Wildman–Crippen MR) is 78.0 cm³/mol. The number of anilines is 1. The van der Waals surface area contributed by atoms with Crippen molar-refractivity contribution >= 4 is 27.5 Å². The van der Waals surface area contributed by atoms with Crippen LogP contribution in [0.3, 0.4) is 0 Å². The normalized spacial score (nSPS) is 9.74. The van der Waals surface area contributed by atoms with E-state index in [1.807, 2.05) is 6.07 Å². The highest BCUT2D eigenvalue weighted by molar-refractivity contribution is 9.10. The maximum Gasteiger partial charge on any atom is 0.258 e. The molecule has 0 aliphatic rings. The highest BCUT2D eigenvalue weighted by Crippen LogP contribution is 2.21. The number of rotatable bonds is 2. The molecule has 2 aromatic carbocycles. The summed E-state index contributed by atoms with van der Waals surface area (Å²) in [4.78, 5) is 13.8. The van der Waals surface area contributed by atoms with Crippen molar-refractivity contribution in [3.05, 3.63) is 64.1 Å². The van der Waals surface area contributed by atoms with Gasteiger partial charge in [0.15, 0.2) is 0 Å². The van der Waals surface area contributed by atoms with Gasteiger partial charge < -0.3 is 4.90 Å². The van der Waals surface area contributed by atoms with Crippen molar-refractivity contribution in [2.24, 2.45) is 0 Å². The molecule has 0 bridgehead atoms. The van der Waals surface area contributed by atoms with Crippen molar-refractivity contribution in [1.82, 2.24) is 0 Å². The summed E-state index contributed by atoms with van der Waals surface area (Å²) in [5.41, 5.74) is 1.66. The van der Waals surface area contributed by atoms with Gasteiger partial charge >= 0.3 is 0 Å². The summed E-state index contributed by atoms with van der Waals surface area (Å²) in [7, 11) is 1.67.